The number of aryl methyl sites for hydroxylation is 2. The van der Waals surface area contributed by atoms with Gasteiger partial charge in [-0.15, -0.1) is 0 Å². The number of hydrogen-bond acceptors (Lipinski definition) is 3. The SMILES string of the molecule is Cc1ccc(N=C2NC(=O)/C(=C/c3ccc(C)n3C)S2)cc1. The Balaban J connectivity index is 1.84. The third-order valence-corrected chi connectivity index (χ3v) is 4.52. The summed E-state index contributed by atoms with van der Waals surface area (Å²) in [5, 5.41) is 3.43. The number of nitrogens with zero attached hydrogens (tertiary/aromatic N) is 2. The maximum Gasteiger partial charge on any atom is 0.264 e. The third-order valence-electron chi connectivity index (χ3n) is 3.61. The molecule has 1 N–H and O–H groups in total. The van der Waals surface area contributed by atoms with E-state index in [2.05, 4.69) is 14.9 Å². The van der Waals surface area contributed by atoms with Gasteiger partial charge in [0.15, 0.2) is 5.17 Å². The molecule has 22 heavy (non-hydrogen) atoms. The molecule has 0 bridgehead atoms. The minimum absolute atomic E-state index is 0.102. The quantitative estimate of drug-likeness (QED) is 0.862. The van der Waals surface area contributed by atoms with Crippen LogP contribution in [0.25, 0.3) is 6.08 Å². The zero-order chi connectivity index (χ0) is 15.7. The molecular formula is C17H17N3OS. The van der Waals surface area contributed by atoms with E-state index in [4.69, 9.17) is 0 Å². The second-order valence-corrected chi connectivity index (χ2v) is 6.31. The van der Waals surface area contributed by atoms with Gasteiger partial charge in [0, 0.05) is 18.4 Å². The van der Waals surface area contributed by atoms with Crippen LogP contribution in [0, 0.1) is 13.8 Å². The first kappa shape index (κ1) is 14.7. The first-order valence-corrected chi connectivity index (χ1v) is 7.83. The summed E-state index contributed by atoms with van der Waals surface area (Å²) < 4.78 is 2.05. The smallest absolute Gasteiger partial charge is 0.264 e. The van der Waals surface area contributed by atoms with Crippen molar-refractivity contribution in [2.75, 3.05) is 0 Å². The summed E-state index contributed by atoms with van der Waals surface area (Å²) in [7, 11) is 1.99. The fraction of sp³-hybridized carbons (Fsp3) is 0.176. The van der Waals surface area contributed by atoms with Gasteiger partial charge in [-0.05, 0) is 56.0 Å². The summed E-state index contributed by atoms with van der Waals surface area (Å²) in [6, 6.07) is 11.9. The fourth-order valence-electron chi connectivity index (χ4n) is 2.13. The van der Waals surface area contributed by atoms with Crippen LogP contribution < -0.4 is 5.32 Å². The molecule has 1 aliphatic heterocycles. The lowest BCUT2D eigenvalue weighted by atomic mass is 10.2. The number of hydrogen-bond donors (Lipinski definition) is 1. The topological polar surface area (TPSA) is 46.4 Å². The average Bonchev–Trinajstić information content (AvgIpc) is 2.99. The molecule has 2 heterocycles. The van der Waals surface area contributed by atoms with Gasteiger partial charge < -0.3 is 9.88 Å². The number of carbonyl (C=O) groups excluding carboxylic acids is 1. The zero-order valence-electron chi connectivity index (χ0n) is 12.8. The highest BCUT2D eigenvalue weighted by Gasteiger charge is 2.24. The largest absolute Gasteiger partial charge is 0.348 e. The lowest BCUT2D eigenvalue weighted by molar-refractivity contribution is -0.115. The Kier molecular flexibility index (Phi) is 3.90. The molecule has 112 valence electrons. The van der Waals surface area contributed by atoms with Gasteiger partial charge in [0.2, 0.25) is 0 Å². The molecule has 0 atom stereocenters. The van der Waals surface area contributed by atoms with Crippen LogP contribution in [0.1, 0.15) is 17.0 Å². The highest BCUT2D eigenvalue weighted by molar-refractivity contribution is 8.18. The summed E-state index contributed by atoms with van der Waals surface area (Å²) in [6.45, 7) is 4.07. The lowest BCUT2D eigenvalue weighted by Gasteiger charge is -2.00. The first-order chi connectivity index (χ1) is 10.5. The number of aromatic nitrogens is 1. The number of aliphatic imine (C=N–C) groups is 1. The normalized spacial score (nSPS) is 18.2. The molecule has 0 unspecified atom stereocenters. The van der Waals surface area contributed by atoms with Crippen molar-refractivity contribution in [2.24, 2.45) is 12.0 Å². The standard InChI is InChI=1S/C17H17N3OS/c1-11-4-7-13(8-5-11)18-17-19-16(21)15(22-17)10-14-9-6-12(2)20(14)3/h4-10H,1-3H3,(H,18,19,21)/b15-10-. The van der Waals surface area contributed by atoms with E-state index in [1.165, 1.54) is 17.3 Å². The van der Waals surface area contributed by atoms with Gasteiger partial charge in [-0.3, -0.25) is 4.79 Å². The highest BCUT2D eigenvalue weighted by atomic mass is 32.2. The van der Waals surface area contributed by atoms with E-state index < -0.39 is 0 Å². The second-order valence-electron chi connectivity index (χ2n) is 5.28. The lowest BCUT2D eigenvalue weighted by Crippen LogP contribution is -2.19. The second kappa shape index (κ2) is 5.85. The van der Waals surface area contributed by atoms with Crippen molar-refractivity contribution in [1.29, 1.82) is 0 Å². The maximum atomic E-state index is 12.1. The average molecular weight is 311 g/mol. The molecule has 1 saturated heterocycles. The Morgan fingerprint density at radius 3 is 2.50 bits per heavy atom. The maximum absolute atomic E-state index is 12.1. The summed E-state index contributed by atoms with van der Waals surface area (Å²) in [5.74, 6) is -0.102. The van der Waals surface area contributed by atoms with Crippen LogP contribution in [0.2, 0.25) is 0 Å². The Hall–Kier alpha value is -2.27. The van der Waals surface area contributed by atoms with E-state index in [-0.39, 0.29) is 5.91 Å². The van der Waals surface area contributed by atoms with Crippen molar-refractivity contribution in [1.82, 2.24) is 9.88 Å². The number of amidine groups is 1. The molecule has 1 fully saturated rings. The Labute approximate surface area is 133 Å². The van der Waals surface area contributed by atoms with Crippen LogP contribution in [-0.2, 0) is 11.8 Å². The van der Waals surface area contributed by atoms with E-state index in [9.17, 15) is 4.79 Å². The third kappa shape index (κ3) is 2.99. The molecule has 1 amide bonds. The molecule has 2 aromatic rings. The summed E-state index contributed by atoms with van der Waals surface area (Å²) in [5.41, 5.74) is 4.19. The van der Waals surface area contributed by atoms with Crippen LogP contribution >= 0.6 is 11.8 Å². The highest BCUT2D eigenvalue weighted by Crippen LogP contribution is 2.28. The van der Waals surface area contributed by atoms with E-state index in [1.54, 1.807) is 0 Å². The first-order valence-electron chi connectivity index (χ1n) is 7.01. The Morgan fingerprint density at radius 2 is 1.86 bits per heavy atom. The molecule has 5 heteroatoms. The number of nitrogens with one attached hydrogen (secondary N) is 1. The Morgan fingerprint density at radius 1 is 1.14 bits per heavy atom. The summed E-state index contributed by atoms with van der Waals surface area (Å²) in [4.78, 5) is 17.2. The molecule has 0 saturated carbocycles. The summed E-state index contributed by atoms with van der Waals surface area (Å²) >= 11 is 1.37. The number of benzene rings is 1. The number of rotatable bonds is 2. The molecule has 0 radical (unpaired) electrons. The fourth-order valence-corrected chi connectivity index (χ4v) is 2.96. The van der Waals surface area contributed by atoms with Crippen LogP contribution in [0.4, 0.5) is 5.69 Å². The molecule has 1 aliphatic rings. The van der Waals surface area contributed by atoms with Crippen molar-refractivity contribution in [2.45, 2.75) is 13.8 Å². The molecule has 3 rings (SSSR count). The molecule has 1 aromatic carbocycles. The van der Waals surface area contributed by atoms with Gasteiger partial charge in [0.25, 0.3) is 5.91 Å². The van der Waals surface area contributed by atoms with Crippen molar-refractivity contribution in [3.05, 3.63) is 58.3 Å². The predicted octanol–water partition coefficient (Wildman–Crippen LogP) is 3.53. The summed E-state index contributed by atoms with van der Waals surface area (Å²) in [6.07, 6.45) is 1.89. The van der Waals surface area contributed by atoms with Crippen molar-refractivity contribution in [3.8, 4) is 0 Å². The van der Waals surface area contributed by atoms with E-state index >= 15 is 0 Å². The van der Waals surface area contributed by atoms with Gasteiger partial charge in [-0.2, -0.15) is 0 Å². The van der Waals surface area contributed by atoms with E-state index in [0.717, 1.165) is 17.1 Å². The molecule has 0 spiro atoms. The number of carbonyl (C=O) groups is 1. The molecule has 4 nitrogen and oxygen atoms in total. The predicted molar refractivity (Wildman–Crippen MR) is 92.1 cm³/mol. The van der Waals surface area contributed by atoms with Gasteiger partial charge in [0.1, 0.15) is 0 Å². The van der Waals surface area contributed by atoms with Gasteiger partial charge >= 0.3 is 0 Å². The molecular weight excluding hydrogens is 294 g/mol. The van der Waals surface area contributed by atoms with Crippen molar-refractivity contribution >= 4 is 34.6 Å². The Bertz CT molecular complexity index is 785. The van der Waals surface area contributed by atoms with Crippen LogP contribution in [0.15, 0.2) is 46.3 Å². The molecule has 1 aromatic heterocycles. The van der Waals surface area contributed by atoms with Gasteiger partial charge in [-0.1, -0.05) is 17.7 Å². The van der Waals surface area contributed by atoms with Gasteiger partial charge in [0.05, 0.1) is 10.6 Å². The van der Waals surface area contributed by atoms with Crippen LogP contribution in [0.3, 0.4) is 0 Å². The van der Waals surface area contributed by atoms with Crippen LogP contribution in [-0.4, -0.2) is 15.6 Å². The molecule has 0 aliphatic carbocycles. The minimum Gasteiger partial charge on any atom is -0.348 e. The minimum atomic E-state index is -0.102. The number of thioether (sulfide) groups is 1. The van der Waals surface area contributed by atoms with Crippen molar-refractivity contribution in [3.63, 3.8) is 0 Å². The number of amides is 1. The van der Waals surface area contributed by atoms with E-state index in [0.29, 0.717) is 10.1 Å². The monoisotopic (exact) mass is 311 g/mol. The van der Waals surface area contributed by atoms with Gasteiger partial charge in [-0.25, -0.2) is 4.99 Å². The zero-order valence-corrected chi connectivity index (χ0v) is 13.6. The van der Waals surface area contributed by atoms with E-state index in [1.807, 2.05) is 63.4 Å². The van der Waals surface area contributed by atoms with Crippen LogP contribution in [0.5, 0.6) is 0 Å². The van der Waals surface area contributed by atoms with Crippen molar-refractivity contribution < 1.29 is 4.79 Å².